The van der Waals surface area contributed by atoms with Gasteiger partial charge in [-0.05, 0) is 32.1 Å². The number of hydrogen-bond donors (Lipinski definition) is 0. The number of unbranched alkanes of at least 4 members (excludes halogenated alkanes) is 6. The number of carbonyl (C=O) groups excluding carboxylic acids is 1. The van der Waals surface area contributed by atoms with E-state index in [-0.39, 0.29) is 5.64 Å². The summed E-state index contributed by atoms with van der Waals surface area (Å²) in [5.41, 5.74) is 0.272. The zero-order valence-corrected chi connectivity index (χ0v) is 17.7. The Morgan fingerprint density at radius 2 is 1.28 bits per heavy atom. The van der Waals surface area contributed by atoms with Gasteiger partial charge in [0.1, 0.15) is 5.64 Å². The molecule has 0 aromatic carbocycles. The van der Waals surface area contributed by atoms with Crippen molar-refractivity contribution in [2.45, 2.75) is 85.0 Å². The summed E-state index contributed by atoms with van der Waals surface area (Å²) in [6.45, 7) is 7.88. The predicted octanol–water partition coefficient (Wildman–Crippen LogP) is 5.02. The van der Waals surface area contributed by atoms with Gasteiger partial charge in [-0.25, -0.2) is 9.79 Å². The molecule has 0 aromatic heterocycles. The second-order valence-electron chi connectivity index (χ2n) is 6.93. The van der Waals surface area contributed by atoms with Crippen molar-refractivity contribution in [3.8, 4) is 0 Å². The first-order valence-corrected chi connectivity index (χ1v) is 12.6. The summed E-state index contributed by atoms with van der Waals surface area (Å²) in [7, 11) is -1.57. The smallest absolute Gasteiger partial charge is 0.234 e. The predicted molar refractivity (Wildman–Crippen MR) is 110 cm³/mol. The molecule has 25 heavy (non-hydrogen) atoms. The fourth-order valence-corrected chi connectivity index (χ4v) is 7.44. The Morgan fingerprint density at radius 1 is 0.800 bits per heavy atom. The molecule has 0 rings (SSSR count). The molecular weight excluding hydrogens is 331 g/mol. The largest absolute Gasteiger partial charge is 0.831 e. The van der Waals surface area contributed by atoms with Crippen LogP contribution in [0.3, 0.4) is 0 Å². The van der Waals surface area contributed by atoms with Gasteiger partial charge in [-0.15, -0.1) is 0 Å². The number of hydrogen-bond acceptors (Lipinski definition) is 4. The van der Waals surface area contributed by atoms with Gasteiger partial charge in [-0.2, -0.15) is 0 Å². The molecule has 4 nitrogen and oxygen atoms in total. The van der Waals surface area contributed by atoms with E-state index in [1.165, 1.54) is 19.3 Å². The molecule has 0 aliphatic carbocycles. The minimum absolute atomic E-state index is 0.272. The molecule has 0 atom stereocenters. The lowest BCUT2D eigenvalue weighted by atomic mass is 10.2. The first-order valence-electron chi connectivity index (χ1n) is 10.3. The maximum atomic E-state index is 13.0. The third-order valence-electron chi connectivity index (χ3n) is 4.71. The van der Waals surface area contributed by atoms with Gasteiger partial charge in [-0.3, -0.25) is 4.99 Å². The summed E-state index contributed by atoms with van der Waals surface area (Å²) in [5.74, 6) is 0. The highest BCUT2D eigenvalue weighted by Crippen LogP contribution is 2.60. The lowest BCUT2D eigenvalue weighted by Gasteiger charge is -2.31. The molecule has 0 saturated carbocycles. The Bertz CT molecular complexity index is 371. The summed E-state index contributed by atoms with van der Waals surface area (Å²) in [6, 6.07) is 0. The van der Waals surface area contributed by atoms with E-state index in [2.05, 4.69) is 30.8 Å². The molecule has 0 fully saturated rings. The number of nitrogens with zero attached hydrogens (tertiary/aromatic N) is 2. The van der Waals surface area contributed by atoms with Gasteiger partial charge in [-0.1, -0.05) is 52.9 Å². The van der Waals surface area contributed by atoms with Gasteiger partial charge in [0.15, 0.2) is 0 Å². The lowest BCUT2D eigenvalue weighted by molar-refractivity contribution is -0.207. The minimum Gasteiger partial charge on any atom is -0.831 e. The van der Waals surface area contributed by atoms with E-state index in [9.17, 15) is 9.90 Å². The summed E-state index contributed by atoms with van der Waals surface area (Å²) in [5, 5.41) is 13.0. The summed E-state index contributed by atoms with van der Waals surface area (Å²) < 4.78 is 0. The highest BCUT2D eigenvalue weighted by Gasteiger charge is 2.36. The zero-order chi connectivity index (χ0) is 18.8. The Kier molecular flexibility index (Phi) is 16.3. The molecule has 0 N–H and O–H groups in total. The molecule has 146 valence electrons. The van der Waals surface area contributed by atoms with Crippen LogP contribution in [-0.4, -0.2) is 43.3 Å². The van der Waals surface area contributed by atoms with Gasteiger partial charge in [0.25, 0.3) is 0 Å². The van der Waals surface area contributed by atoms with E-state index < -0.39 is 7.26 Å². The van der Waals surface area contributed by atoms with Crippen molar-refractivity contribution in [3.05, 3.63) is 0 Å². The molecule has 0 unspecified atom stereocenters. The molecule has 0 saturated heterocycles. The molecule has 0 amide bonds. The Hall–Kier alpha value is -0.720. The normalized spacial score (nSPS) is 12.2. The first kappa shape index (κ1) is 24.3. The fourth-order valence-electron chi connectivity index (χ4n) is 3.03. The van der Waals surface area contributed by atoms with Crippen LogP contribution in [0.1, 0.15) is 85.0 Å². The van der Waals surface area contributed by atoms with Crippen molar-refractivity contribution in [1.82, 2.24) is 0 Å². The van der Waals surface area contributed by atoms with Crippen LogP contribution < -0.4 is 5.11 Å². The van der Waals surface area contributed by atoms with Crippen LogP contribution >= 0.6 is 7.26 Å². The fraction of sp³-hybridized carbons (Fsp3) is 0.900. The first-order chi connectivity index (χ1) is 12.2. The molecule has 0 heterocycles. The van der Waals surface area contributed by atoms with Crippen LogP contribution in [0.2, 0.25) is 0 Å². The highest BCUT2D eigenvalue weighted by molar-refractivity contribution is 7.90. The highest BCUT2D eigenvalue weighted by atomic mass is 31.2. The van der Waals surface area contributed by atoms with Crippen molar-refractivity contribution in [2.24, 2.45) is 9.98 Å². The zero-order valence-electron chi connectivity index (χ0n) is 16.8. The molecule has 0 aliphatic rings. The van der Waals surface area contributed by atoms with Crippen LogP contribution in [0.4, 0.5) is 0 Å². The van der Waals surface area contributed by atoms with E-state index >= 15 is 0 Å². The van der Waals surface area contributed by atoms with Gasteiger partial charge in [0.2, 0.25) is 6.08 Å². The SMILES string of the molecule is CCCC[P+](CCCC)(CCCC)C([O-])=NCCCCCCN=C=O. The maximum absolute atomic E-state index is 13.0. The topological polar surface area (TPSA) is 64.8 Å². The van der Waals surface area contributed by atoms with Crippen LogP contribution in [-0.2, 0) is 4.79 Å². The molecule has 5 heteroatoms. The lowest BCUT2D eigenvalue weighted by Crippen LogP contribution is -2.28. The molecule has 0 aromatic rings. The third kappa shape index (κ3) is 11.5. The maximum Gasteiger partial charge on any atom is 0.234 e. The summed E-state index contributed by atoms with van der Waals surface area (Å²) in [6.07, 6.45) is 15.8. The van der Waals surface area contributed by atoms with Crippen LogP contribution in [0, 0.1) is 0 Å². The number of isocyanates is 1. The van der Waals surface area contributed by atoms with Crippen molar-refractivity contribution >= 4 is 19.0 Å². The third-order valence-corrected chi connectivity index (χ3v) is 9.18. The van der Waals surface area contributed by atoms with E-state index in [1.54, 1.807) is 6.08 Å². The van der Waals surface area contributed by atoms with Gasteiger partial charge in [0.05, 0.1) is 32.3 Å². The van der Waals surface area contributed by atoms with E-state index in [4.69, 9.17) is 0 Å². The number of rotatable bonds is 17. The van der Waals surface area contributed by atoms with Crippen LogP contribution in [0.5, 0.6) is 0 Å². The second-order valence-corrected chi connectivity index (χ2v) is 10.9. The Morgan fingerprint density at radius 3 is 1.72 bits per heavy atom. The standard InChI is InChI=1S/C20H39N2O2P/c1-4-7-16-25(17-8-5-2,18-9-6-3)20(24)22-15-13-11-10-12-14-21-19-23/h4-18H2,1-3H3. The van der Waals surface area contributed by atoms with Gasteiger partial charge < -0.3 is 5.11 Å². The summed E-state index contributed by atoms with van der Waals surface area (Å²) in [4.78, 5) is 18.1. The van der Waals surface area contributed by atoms with Crippen molar-refractivity contribution < 1.29 is 9.90 Å². The Labute approximate surface area is 156 Å². The Balaban J connectivity index is 4.62. The number of aliphatic imine (C=N–C) groups is 2. The molecule has 0 aliphatic heterocycles. The van der Waals surface area contributed by atoms with Crippen molar-refractivity contribution in [1.29, 1.82) is 0 Å². The van der Waals surface area contributed by atoms with Gasteiger partial charge in [0, 0.05) is 6.54 Å². The average Bonchev–Trinajstić information content (AvgIpc) is 2.63. The van der Waals surface area contributed by atoms with Crippen LogP contribution in [0.25, 0.3) is 0 Å². The molecule has 0 bridgehead atoms. The van der Waals surface area contributed by atoms with Crippen molar-refractivity contribution in [3.63, 3.8) is 0 Å². The van der Waals surface area contributed by atoms with Crippen LogP contribution in [0.15, 0.2) is 9.98 Å². The average molecular weight is 371 g/mol. The van der Waals surface area contributed by atoms with Gasteiger partial charge >= 0.3 is 0 Å². The van der Waals surface area contributed by atoms with E-state index in [0.29, 0.717) is 13.1 Å². The van der Waals surface area contributed by atoms with E-state index in [0.717, 1.165) is 63.4 Å². The van der Waals surface area contributed by atoms with E-state index in [1.807, 2.05) is 0 Å². The monoisotopic (exact) mass is 370 g/mol. The second kappa shape index (κ2) is 16.7. The quantitative estimate of drug-likeness (QED) is 0.119. The van der Waals surface area contributed by atoms with Crippen molar-refractivity contribution in [2.75, 3.05) is 31.6 Å². The molecule has 0 spiro atoms. The molecular formula is C20H39N2O2P. The molecule has 0 radical (unpaired) electrons. The summed E-state index contributed by atoms with van der Waals surface area (Å²) >= 11 is 0. The minimum atomic E-state index is -1.57.